The van der Waals surface area contributed by atoms with E-state index in [-0.39, 0.29) is 24.1 Å². The lowest BCUT2D eigenvalue weighted by atomic mass is 10.2. The number of amides is 2. The monoisotopic (exact) mass is 524 g/mol. The molecule has 0 aliphatic carbocycles. The zero-order valence-electron chi connectivity index (χ0n) is 19.8. The second-order valence-electron chi connectivity index (χ2n) is 7.50. The van der Waals surface area contributed by atoms with E-state index in [0.717, 1.165) is 11.3 Å². The first-order valence-electron chi connectivity index (χ1n) is 10.8. The number of hydrogen-bond donors (Lipinski definition) is 2. The van der Waals surface area contributed by atoms with Gasteiger partial charge in [-0.1, -0.05) is 23.9 Å². The van der Waals surface area contributed by atoms with Crippen LogP contribution in [0.25, 0.3) is 5.69 Å². The molecule has 2 aromatic carbocycles. The number of hydrogen-bond acceptors (Lipinski definition) is 9. The summed E-state index contributed by atoms with van der Waals surface area (Å²) in [6.45, 7) is 2.11. The van der Waals surface area contributed by atoms with Crippen molar-refractivity contribution in [1.82, 2.24) is 25.1 Å². The minimum atomic E-state index is -0.299. The SMILES string of the molecule is COc1ccc(C(=O)NCc2nnc(SCC(=O)Nc3nccs3)n2-c2cccc(C)c2)cc1OC. The van der Waals surface area contributed by atoms with Gasteiger partial charge in [-0.15, -0.1) is 21.5 Å². The van der Waals surface area contributed by atoms with Crippen LogP contribution in [-0.4, -0.2) is 51.5 Å². The van der Waals surface area contributed by atoms with E-state index in [0.29, 0.717) is 33.2 Å². The molecule has 0 saturated heterocycles. The van der Waals surface area contributed by atoms with Gasteiger partial charge < -0.3 is 20.1 Å². The van der Waals surface area contributed by atoms with Gasteiger partial charge >= 0.3 is 0 Å². The van der Waals surface area contributed by atoms with Crippen LogP contribution in [0.4, 0.5) is 5.13 Å². The first-order valence-corrected chi connectivity index (χ1v) is 12.7. The van der Waals surface area contributed by atoms with Gasteiger partial charge in [-0.2, -0.15) is 0 Å². The van der Waals surface area contributed by atoms with Gasteiger partial charge in [-0.05, 0) is 42.8 Å². The summed E-state index contributed by atoms with van der Waals surface area (Å²) in [4.78, 5) is 29.3. The summed E-state index contributed by atoms with van der Waals surface area (Å²) in [5.41, 5.74) is 2.31. The molecule has 2 N–H and O–H groups in total. The molecule has 12 heteroatoms. The van der Waals surface area contributed by atoms with Crippen LogP contribution in [0.15, 0.2) is 59.2 Å². The molecule has 4 rings (SSSR count). The summed E-state index contributed by atoms with van der Waals surface area (Å²) >= 11 is 2.60. The van der Waals surface area contributed by atoms with Gasteiger partial charge in [0.1, 0.15) is 0 Å². The van der Waals surface area contributed by atoms with E-state index in [4.69, 9.17) is 9.47 Å². The molecule has 0 saturated carbocycles. The highest BCUT2D eigenvalue weighted by Gasteiger charge is 2.18. The summed E-state index contributed by atoms with van der Waals surface area (Å²) in [5.74, 6) is 1.15. The van der Waals surface area contributed by atoms with Crippen molar-refractivity contribution in [2.75, 3.05) is 25.3 Å². The summed E-state index contributed by atoms with van der Waals surface area (Å²) in [7, 11) is 3.05. The van der Waals surface area contributed by atoms with Crippen molar-refractivity contribution in [3.63, 3.8) is 0 Å². The molecule has 4 aromatic rings. The number of thiazole rings is 1. The standard InChI is InChI=1S/C24H24N6O4S2/c1-15-5-4-6-17(11-15)30-20(13-26-22(32)16-7-8-18(33-2)19(12-16)34-3)28-29-24(30)36-14-21(31)27-23-25-9-10-35-23/h4-12H,13-14H2,1-3H3,(H,26,32)(H,25,27,31). The van der Waals surface area contributed by atoms with E-state index in [9.17, 15) is 9.59 Å². The number of benzene rings is 2. The number of aromatic nitrogens is 4. The van der Waals surface area contributed by atoms with Gasteiger partial charge in [0.15, 0.2) is 27.6 Å². The first kappa shape index (κ1) is 25.2. The number of rotatable bonds is 10. The molecule has 2 heterocycles. The Morgan fingerprint density at radius 2 is 1.92 bits per heavy atom. The Morgan fingerprint density at radius 3 is 2.64 bits per heavy atom. The second kappa shape index (κ2) is 11.7. The van der Waals surface area contributed by atoms with Crippen LogP contribution in [0.1, 0.15) is 21.7 Å². The molecular weight excluding hydrogens is 500 g/mol. The fourth-order valence-corrected chi connectivity index (χ4v) is 4.66. The third kappa shape index (κ3) is 6.01. The van der Waals surface area contributed by atoms with Crippen LogP contribution in [0.3, 0.4) is 0 Å². The van der Waals surface area contributed by atoms with Crippen LogP contribution >= 0.6 is 23.1 Å². The summed E-state index contributed by atoms with van der Waals surface area (Å²) in [6.07, 6.45) is 1.63. The minimum absolute atomic E-state index is 0.125. The van der Waals surface area contributed by atoms with E-state index in [1.54, 1.807) is 29.8 Å². The quantitative estimate of drug-likeness (QED) is 0.301. The molecule has 2 amide bonds. The van der Waals surface area contributed by atoms with Crippen LogP contribution in [0, 0.1) is 6.92 Å². The zero-order valence-corrected chi connectivity index (χ0v) is 21.5. The maximum atomic E-state index is 12.8. The number of carbonyl (C=O) groups excluding carboxylic acids is 2. The van der Waals surface area contributed by atoms with Crippen molar-refractivity contribution in [1.29, 1.82) is 0 Å². The lowest BCUT2D eigenvalue weighted by Gasteiger charge is -2.12. The lowest BCUT2D eigenvalue weighted by molar-refractivity contribution is -0.113. The Morgan fingerprint density at radius 1 is 1.08 bits per heavy atom. The summed E-state index contributed by atoms with van der Waals surface area (Å²) in [5, 5.41) is 17.1. The molecule has 0 spiro atoms. The molecule has 10 nitrogen and oxygen atoms in total. The number of methoxy groups -OCH3 is 2. The van der Waals surface area contributed by atoms with Crippen LogP contribution in [-0.2, 0) is 11.3 Å². The number of carbonyl (C=O) groups is 2. The number of ether oxygens (including phenoxy) is 2. The number of thioether (sulfide) groups is 1. The van der Waals surface area contributed by atoms with Crippen molar-refractivity contribution in [2.45, 2.75) is 18.6 Å². The molecule has 186 valence electrons. The molecular formula is C24H24N6O4S2. The van der Waals surface area contributed by atoms with Crippen molar-refractivity contribution >= 4 is 40.0 Å². The van der Waals surface area contributed by atoms with Crippen LogP contribution < -0.4 is 20.1 Å². The molecule has 0 radical (unpaired) electrons. The largest absolute Gasteiger partial charge is 0.493 e. The third-order valence-electron chi connectivity index (χ3n) is 5.02. The normalized spacial score (nSPS) is 10.6. The van der Waals surface area contributed by atoms with Crippen molar-refractivity contribution in [3.05, 3.63) is 71.0 Å². The predicted molar refractivity (Wildman–Crippen MR) is 138 cm³/mol. The van der Waals surface area contributed by atoms with Crippen molar-refractivity contribution < 1.29 is 19.1 Å². The van der Waals surface area contributed by atoms with Crippen molar-refractivity contribution in [3.8, 4) is 17.2 Å². The van der Waals surface area contributed by atoms with E-state index in [1.807, 2.05) is 35.8 Å². The Labute approximate surface area is 216 Å². The van der Waals surface area contributed by atoms with E-state index >= 15 is 0 Å². The van der Waals surface area contributed by atoms with Gasteiger partial charge in [-0.3, -0.25) is 14.2 Å². The molecule has 0 unspecified atom stereocenters. The van der Waals surface area contributed by atoms with Crippen LogP contribution in [0.5, 0.6) is 11.5 Å². The highest BCUT2D eigenvalue weighted by atomic mass is 32.2. The van der Waals surface area contributed by atoms with Gasteiger partial charge in [0.05, 0.1) is 26.5 Å². The smallest absolute Gasteiger partial charge is 0.251 e. The molecule has 0 atom stereocenters. The highest BCUT2D eigenvalue weighted by Crippen LogP contribution is 2.28. The molecule has 0 fully saturated rings. The second-order valence-corrected chi connectivity index (χ2v) is 9.34. The molecule has 0 aliphatic rings. The minimum Gasteiger partial charge on any atom is -0.493 e. The van der Waals surface area contributed by atoms with Gasteiger partial charge in [0.2, 0.25) is 5.91 Å². The fourth-order valence-electron chi connectivity index (χ4n) is 3.34. The van der Waals surface area contributed by atoms with Gasteiger partial charge in [0, 0.05) is 22.8 Å². The van der Waals surface area contributed by atoms with E-state index in [2.05, 4.69) is 25.8 Å². The van der Waals surface area contributed by atoms with Crippen molar-refractivity contribution in [2.24, 2.45) is 0 Å². The number of aryl methyl sites for hydroxylation is 1. The average molecular weight is 525 g/mol. The number of anilines is 1. The zero-order chi connectivity index (χ0) is 25.5. The van der Waals surface area contributed by atoms with Gasteiger partial charge in [-0.25, -0.2) is 4.98 Å². The fraction of sp³-hybridized carbons (Fsp3) is 0.208. The number of nitrogens with one attached hydrogen (secondary N) is 2. The molecule has 0 bridgehead atoms. The topological polar surface area (TPSA) is 120 Å². The maximum Gasteiger partial charge on any atom is 0.251 e. The van der Waals surface area contributed by atoms with Gasteiger partial charge in [0.25, 0.3) is 5.91 Å². The summed E-state index contributed by atoms with van der Waals surface area (Å²) < 4.78 is 12.4. The Balaban J connectivity index is 1.52. The molecule has 36 heavy (non-hydrogen) atoms. The van der Waals surface area contributed by atoms with E-state index in [1.165, 1.54) is 37.3 Å². The maximum absolute atomic E-state index is 12.8. The first-order chi connectivity index (χ1) is 17.5. The molecule has 2 aromatic heterocycles. The average Bonchev–Trinajstić information content (AvgIpc) is 3.55. The Kier molecular flexibility index (Phi) is 8.18. The molecule has 0 aliphatic heterocycles. The Bertz CT molecular complexity index is 1360. The van der Waals surface area contributed by atoms with Crippen LogP contribution in [0.2, 0.25) is 0 Å². The summed E-state index contributed by atoms with van der Waals surface area (Å²) in [6, 6.07) is 12.8. The third-order valence-corrected chi connectivity index (χ3v) is 6.64. The highest BCUT2D eigenvalue weighted by molar-refractivity contribution is 7.99. The van der Waals surface area contributed by atoms with E-state index < -0.39 is 0 Å². The Hall–Kier alpha value is -3.90. The number of nitrogens with zero attached hydrogens (tertiary/aromatic N) is 4. The lowest BCUT2D eigenvalue weighted by Crippen LogP contribution is -2.24. The predicted octanol–water partition coefficient (Wildman–Crippen LogP) is 3.71.